The van der Waals surface area contributed by atoms with Crippen LogP contribution in [0.2, 0.25) is 0 Å². The van der Waals surface area contributed by atoms with Crippen molar-refractivity contribution in [1.29, 1.82) is 0 Å². The summed E-state index contributed by atoms with van der Waals surface area (Å²) in [5.41, 5.74) is 1.91. The molecule has 1 aromatic rings. The van der Waals surface area contributed by atoms with E-state index in [2.05, 4.69) is 50.4 Å². The second-order valence-electron chi connectivity index (χ2n) is 7.12. The molecule has 2 aliphatic rings. The van der Waals surface area contributed by atoms with Crippen molar-refractivity contribution in [2.45, 2.75) is 58.6 Å². The highest BCUT2D eigenvalue weighted by molar-refractivity contribution is 5.31. The summed E-state index contributed by atoms with van der Waals surface area (Å²) in [7, 11) is 0. The molecule has 1 N–H and O–H groups in total. The molecule has 2 heteroatoms. The molecule has 0 aliphatic heterocycles. The summed E-state index contributed by atoms with van der Waals surface area (Å²) in [6, 6.07) is 9.28. The Kier molecular flexibility index (Phi) is 3.76. The Labute approximate surface area is 122 Å². The van der Waals surface area contributed by atoms with Crippen LogP contribution in [-0.2, 0) is 0 Å². The van der Waals surface area contributed by atoms with E-state index in [4.69, 9.17) is 4.74 Å². The van der Waals surface area contributed by atoms with Gasteiger partial charge in [-0.05, 0) is 61.3 Å². The van der Waals surface area contributed by atoms with Gasteiger partial charge in [-0.25, -0.2) is 0 Å². The molecule has 2 nitrogen and oxygen atoms in total. The zero-order chi connectivity index (χ0) is 14.2. The number of hydrogen-bond acceptors (Lipinski definition) is 2. The average Bonchev–Trinajstić information content (AvgIpc) is 3.32. The van der Waals surface area contributed by atoms with E-state index in [9.17, 15) is 0 Å². The molecule has 2 saturated carbocycles. The third kappa shape index (κ3) is 3.17. The van der Waals surface area contributed by atoms with Crippen molar-refractivity contribution < 1.29 is 4.74 Å². The van der Waals surface area contributed by atoms with E-state index < -0.39 is 0 Å². The number of rotatable bonds is 7. The lowest BCUT2D eigenvalue weighted by Crippen LogP contribution is -2.25. The molecule has 0 amide bonds. The minimum Gasteiger partial charge on any atom is -0.490 e. The molecule has 1 aromatic carbocycles. The molecule has 0 spiro atoms. The molecular formula is C18H27NO. The molecule has 2 atom stereocenters. The van der Waals surface area contributed by atoms with Crippen molar-refractivity contribution in [1.82, 2.24) is 5.32 Å². The molecule has 0 aromatic heterocycles. The van der Waals surface area contributed by atoms with E-state index >= 15 is 0 Å². The molecule has 110 valence electrons. The quantitative estimate of drug-likeness (QED) is 0.799. The topological polar surface area (TPSA) is 21.3 Å². The maximum absolute atomic E-state index is 5.84. The van der Waals surface area contributed by atoms with Gasteiger partial charge in [-0.1, -0.05) is 32.9 Å². The van der Waals surface area contributed by atoms with E-state index in [0.29, 0.717) is 17.6 Å². The Morgan fingerprint density at radius 3 is 2.40 bits per heavy atom. The van der Waals surface area contributed by atoms with E-state index in [-0.39, 0.29) is 0 Å². The number of benzene rings is 1. The SMILES string of the molecule is CCCNC(c1ccc(OC2CC2)cc1)C1CC1(C)C. The molecule has 2 unspecified atom stereocenters. The Hall–Kier alpha value is -1.02. The minimum absolute atomic E-state index is 0.484. The van der Waals surface area contributed by atoms with E-state index in [1.165, 1.54) is 31.2 Å². The second-order valence-corrected chi connectivity index (χ2v) is 7.12. The summed E-state index contributed by atoms with van der Waals surface area (Å²) >= 11 is 0. The third-order valence-electron chi connectivity index (χ3n) is 4.67. The van der Waals surface area contributed by atoms with Crippen molar-refractivity contribution in [3.8, 4) is 5.75 Å². The summed E-state index contributed by atoms with van der Waals surface area (Å²) in [6.07, 6.45) is 5.44. The molecule has 0 heterocycles. The van der Waals surface area contributed by atoms with Crippen molar-refractivity contribution in [2.24, 2.45) is 11.3 Å². The highest BCUT2D eigenvalue weighted by atomic mass is 16.5. The van der Waals surface area contributed by atoms with Gasteiger partial charge in [0, 0.05) is 6.04 Å². The molecule has 20 heavy (non-hydrogen) atoms. The second kappa shape index (κ2) is 5.40. The van der Waals surface area contributed by atoms with Crippen molar-refractivity contribution in [2.75, 3.05) is 6.54 Å². The first kappa shape index (κ1) is 13.9. The van der Waals surface area contributed by atoms with Crippen molar-refractivity contribution >= 4 is 0 Å². The standard InChI is InChI=1S/C18H27NO/c1-4-11-19-17(16-12-18(16,2)3)13-5-7-14(8-6-13)20-15-9-10-15/h5-8,15-17,19H,4,9-12H2,1-3H3. The molecule has 0 radical (unpaired) electrons. The lowest BCUT2D eigenvalue weighted by Gasteiger charge is -2.21. The van der Waals surface area contributed by atoms with Crippen LogP contribution >= 0.6 is 0 Å². The van der Waals surface area contributed by atoms with E-state index in [1.807, 2.05) is 0 Å². The van der Waals surface area contributed by atoms with Crippen LogP contribution in [0, 0.1) is 11.3 Å². The smallest absolute Gasteiger partial charge is 0.119 e. The van der Waals surface area contributed by atoms with E-state index in [1.54, 1.807) is 0 Å². The fourth-order valence-electron chi connectivity index (χ4n) is 3.00. The monoisotopic (exact) mass is 273 g/mol. The Bertz CT molecular complexity index is 447. The maximum atomic E-state index is 5.84. The third-order valence-corrected chi connectivity index (χ3v) is 4.67. The van der Waals surface area contributed by atoms with Gasteiger partial charge in [0.15, 0.2) is 0 Å². The van der Waals surface area contributed by atoms with Crippen LogP contribution in [0.4, 0.5) is 0 Å². The lowest BCUT2D eigenvalue weighted by molar-refractivity contribution is 0.303. The Balaban J connectivity index is 1.69. The zero-order valence-corrected chi connectivity index (χ0v) is 13.0. The van der Waals surface area contributed by atoms with Crippen LogP contribution in [0.15, 0.2) is 24.3 Å². The Morgan fingerprint density at radius 2 is 1.90 bits per heavy atom. The summed E-state index contributed by atoms with van der Waals surface area (Å²) in [5.74, 6) is 1.80. The maximum Gasteiger partial charge on any atom is 0.119 e. The first-order chi connectivity index (χ1) is 9.60. The summed E-state index contributed by atoms with van der Waals surface area (Å²) in [5, 5.41) is 3.74. The van der Waals surface area contributed by atoms with Crippen LogP contribution in [0.5, 0.6) is 5.75 Å². The van der Waals surface area contributed by atoms with Crippen molar-refractivity contribution in [3.63, 3.8) is 0 Å². The number of ether oxygens (including phenoxy) is 1. The van der Waals surface area contributed by atoms with Gasteiger partial charge < -0.3 is 10.1 Å². The predicted octanol–water partition coefficient (Wildman–Crippen LogP) is 4.31. The highest BCUT2D eigenvalue weighted by Crippen LogP contribution is 2.57. The Morgan fingerprint density at radius 1 is 1.25 bits per heavy atom. The van der Waals surface area contributed by atoms with Crippen molar-refractivity contribution in [3.05, 3.63) is 29.8 Å². The summed E-state index contributed by atoms with van der Waals surface area (Å²) in [6.45, 7) is 8.08. The van der Waals surface area contributed by atoms with Gasteiger partial charge in [-0.15, -0.1) is 0 Å². The summed E-state index contributed by atoms with van der Waals surface area (Å²) in [4.78, 5) is 0. The molecule has 0 bridgehead atoms. The number of hydrogen-bond donors (Lipinski definition) is 1. The zero-order valence-electron chi connectivity index (χ0n) is 13.0. The molecule has 2 fully saturated rings. The van der Waals surface area contributed by atoms with Gasteiger partial charge in [0.1, 0.15) is 5.75 Å². The fraction of sp³-hybridized carbons (Fsp3) is 0.667. The fourth-order valence-corrected chi connectivity index (χ4v) is 3.00. The average molecular weight is 273 g/mol. The van der Waals surface area contributed by atoms with Gasteiger partial charge in [0.2, 0.25) is 0 Å². The van der Waals surface area contributed by atoms with Crippen LogP contribution in [-0.4, -0.2) is 12.6 Å². The van der Waals surface area contributed by atoms with E-state index in [0.717, 1.165) is 18.2 Å². The van der Waals surface area contributed by atoms with Gasteiger partial charge in [-0.2, -0.15) is 0 Å². The summed E-state index contributed by atoms with van der Waals surface area (Å²) < 4.78 is 5.84. The van der Waals surface area contributed by atoms with Gasteiger partial charge in [0.05, 0.1) is 6.10 Å². The van der Waals surface area contributed by atoms with Crippen LogP contribution in [0.3, 0.4) is 0 Å². The van der Waals surface area contributed by atoms with Gasteiger partial charge in [-0.3, -0.25) is 0 Å². The van der Waals surface area contributed by atoms with Gasteiger partial charge in [0.25, 0.3) is 0 Å². The van der Waals surface area contributed by atoms with Crippen LogP contribution in [0.1, 0.15) is 58.1 Å². The highest BCUT2D eigenvalue weighted by Gasteiger charge is 2.50. The predicted molar refractivity (Wildman–Crippen MR) is 83.0 cm³/mol. The van der Waals surface area contributed by atoms with Crippen LogP contribution in [0.25, 0.3) is 0 Å². The largest absolute Gasteiger partial charge is 0.490 e. The molecule has 0 saturated heterocycles. The molecule has 2 aliphatic carbocycles. The minimum atomic E-state index is 0.484. The van der Waals surface area contributed by atoms with Gasteiger partial charge >= 0.3 is 0 Å². The first-order valence-electron chi connectivity index (χ1n) is 8.10. The normalized spacial score (nSPS) is 25.2. The first-order valence-corrected chi connectivity index (χ1v) is 8.10. The lowest BCUT2D eigenvalue weighted by atomic mass is 9.97. The molecule has 3 rings (SSSR count). The number of nitrogens with one attached hydrogen (secondary N) is 1. The van der Waals surface area contributed by atoms with Crippen LogP contribution < -0.4 is 10.1 Å². The molecular weight excluding hydrogens is 246 g/mol.